The van der Waals surface area contributed by atoms with Crippen molar-refractivity contribution in [2.75, 3.05) is 0 Å². The molecule has 0 radical (unpaired) electrons. The van der Waals surface area contributed by atoms with E-state index in [9.17, 15) is 4.79 Å². The summed E-state index contributed by atoms with van der Waals surface area (Å²) in [7, 11) is 0. The van der Waals surface area contributed by atoms with Crippen LogP contribution in [0.25, 0.3) is 0 Å². The van der Waals surface area contributed by atoms with Crippen LogP contribution in [0.4, 0.5) is 0 Å². The van der Waals surface area contributed by atoms with Crippen LogP contribution in [-0.2, 0) is 4.79 Å². The zero-order valence-electron chi connectivity index (χ0n) is 9.30. The molecule has 1 nitrogen and oxygen atoms in total. The van der Waals surface area contributed by atoms with Gasteiger partial charge in [-0.25, -0.2) is 0 Å². The predicted octanol–water partition coefficient (Wildman–Crippen LogP) is 4.05. The van der Waals surface area contributed by atoms with Gasteiger partial charge >= 0.3 is 0 Å². The van der Waals surface area contributed by atoms with E-state index in [0.29, 0.717) is 0 Å². The van der Waals surface area contributed by atoms with Gasteiger partial charge in [0.05, 0.1) is 0 Å². The molecular formula is C13H22O. The molecule has 1 heteroatoms. The van der Waals surface area contributed by atoms with Crippen LogP contribution in [0, 0.1) is 0 Å². The second-order valence-electron chi connectivity index (χ2n) is 3.57. The van der Waals surface area contributed by atoms with Crippen molar-refractivity contribution in [1.29, 1.82) is 0 Å². The second kappa shape index (κ2) is 10.2. The molecule has 0 spiro atoms. The van der Waals surface area contributed by atoms with Gasteiger partial charge in [0, 0.05) is 0 Å². The molecular weight excluding hydrogens is 172 g/mol. The third kappa shape index (κ3) is 7.78. The maximum Gasteiger partial charge on any atom is 0.145 e. The van der Waals surface area contributed by atoms with Gasteiger partial charge in [-0.1, -0.05) is 38.3 Å². The van der Waals surface area contributed by atoms with E-state index in [4.69, 9.17) is 0 Å². The summed E-state index contributed by atoms with van der Waals surface area (Å²) >= 11 is 0. The van der Waals surface area contributed by atoms with Crippen LogP contribution in [0.15, 0.2) is 24.3 Å². The zero-order chi connectivity index (χ0) is 10.6. The fraction of sp³-hybridized carbons (Fsp3) is 0.615. The lowest BCUT2D eigenvalue weighted by atomic mass is 10.1. The predicted molar refractivity (Wildman–Crippen MR) is 62.3 cm³/mol. The van der Waals surface area contributed by atoms with Crippen LogP contribution in [-0.4, -0.2) is 6.29 Å². The average Bonchev–Trinajstić information content (AvgIpc) is 2.22. The lowest BCUT2D eigenvalue weighted by Crippen LogP contribution is -1.85. The molecule has 0 aromatic rings. The number of rotatable bonds is 9. The molecule has 0 aliphatic heterocycles. The zero-order valence-corrected chi connectivity index (χ0v) is 9.30. The van der Waals surface area contributed by atoms with Gasteiger partial charge < -0.3 is 0 Å². The summed E-state index contributed by atoms with van der Waals surface area (Å²) in [5, 5.41) is 0. The standard InChI is InChI=1S/C13H22O/c1-3-5-7-8-9-11-13(12-14)10-6-4-2/h4,11-12H,2-3,5-10H2,1H3/b13-11-. The van der Waals surface area contributed by atoms with Crippen molar-refractivity contribution in [2.45, 2.75) is 51.9 Å². The highest BCUT2D eigenvalue weighted by Gasteiger charge is 1.93. The van der Waals surface area contributed by atoms with Crippen molar-refractivity contribution < 1.29 is 4.79 Å². The van der Waals surface area contributed by atoms with Crippen molar-refractivity contribution >= 4 is 6.29 Å². The Bertz CT molecular complexity index is 180. The minimum absolute atomic E-state index is 0.848. The summed E-state index contributed by atoms with van der Waals surface area (Å²) in [6.45, 7) is 5.85. The van der Waals surface area contributed by atoms with Gasteiger partial charge in [-0.3, -0.25) is 4.79 Å². The molecule has 0 bridgehead atoms. The van der Waals surface area contributed by atoms with E-state index in [0.717, 1.165) is 31.1 Å². The molecule has 0 atom stereocenters. The van der Waals surface area contributed by atoms with Crippen LogP contribution in [0.3, 0.4) is 0 Å². The van der Waals surface area contributed by atoms with Gasteiger partial charge in [-0.2, -0.15) is 0 Å². The molecule has 14 heavy (non-hydrogen) atoms. The molecule has 0 saturated carbocycles. The Morgan fingerprint density at radius 2 is 2.00 bits per heavy atom. The van der Waals surface area contributed by atoms with Gasteiger partial charge in [-0.15, -0.1) is 6.58 Å². The summed E-state index contributed by atoms with van der Waals surface area (Å²) in [4.78, 5) is 10.6. The van der Waals surface area contributed by atoms with E-state index < -0.39 is 0 Å². The maximum atomic E-state index is 10.6. The van der Waals surface area contributed by atoms with Crippen LogP contribution in [0.2, 0.25) is 0 Å². The lowest BCUT2D eigenvalue weighted by Gasteiger charge is -1.98. The molecule has 0 unspecified atom stereocenters. The summed E-state index contributed by atoms with van der Waals surface area (Å²) in [5.41, 5.74) is 0.932. The fourth-order valence-electron chi connectivity index (χ4n) is 1.34. The fourth-order valence-corrected chi connectivity index (χ4v) is 1.34. The number of unbranched alkanes of at least 4 members (excludes halogenated alkanes) is 4. The third-order valence-corrected chi connectivity index (χ3v) is 2.25. The number of hydrogen-bond donors (Lipinski definition) is 0. The summed E-state index contributed by atoms with van der Waals surface area (Å²) in [6.07, 6.45) is 12.8. The normalized spacial score (nSPS) is 11.4. The first kappa shape index (κ1) is 13.2. The van der Waals surface area contributed by atoms with Crippen molar-refractivity contribution in [3.8, 4) is 0 Å². The molecule has 0 heterocycles. The Morgan fingerprint density at radius 1 is 1.21 bits per heavy atom. The summed E-state index contributed by atoms with van der Waals surface area (Å²) < 4.78 is 0. The molecule has 80 valence electrons. The van der Waals surface area contributed by atoms with Gasteiger partial charge in [0.2, 0.25) is 0 Å². The smallest absolute Gasteiger partial charge is 0.145 e. The van der Waals surface area contributed by atoms with Gasteiger partial charge in [0.1, 0.15) is 6.29 Å². The van der Waals surface area contributed by atoms with Crippen molar-refractivity contribution in [3.05, 3.63) is 24.3 Å². The van der Waals surface area contributed by atoms with Gasteiger partial charge in [0.15, 0.2) is 0 Å². The van der Waals surface area contributed by atoms with E-state index >= 15 is 0 Å². The minimum Gasteiger partial charge on any atom is -0.298 e. The monoisotopic (exact) mass is 194 g/mol. The third-order valence-electron chi connectivity index (χ3n) is 2.25. The molecule has 0 rings (SSSR count). The SMILES string of the molecule is C=CCC/C(C=O)=C/CCCCCC. The first-order valence-electron chi connectivity index (χ1n) is 5.60. The van der Waals surface area contributed by atoms with E-state index in [-0.39, 0.29) is 0 Å². The lowest BCUT2D eigenvalue weighted by molar-refractivity contribution is -0.105. The van der Waals surface area contributed by atoms with Crippen LogP contribution in [0.5, 0.6) is 0 Å². The number of carbonyl (C=O) groups is 1. The van der Waals surface area contributed by atoms with Crippen LogP contribution >= 0.6 is 0 Å². The molecule has 0 amide bonds. The molecule has 0 fully saturated rings. The highest BCUT2D eigenvalue weighted by atomic mass is 16.1. The maximum absolute atomic E-state index is 10.6. The molecule has 0 aromatic carbocycles. The van der Waals surface area contributed by atoms with E-state index in [1.165, 1.54) is 25.7 Å². The van der Waals surface area contributed by atoms with Crippen LogP contribution < -0.4 is 0 Å². The van der Waals surface area contributed by atoms with Crippen molar-refractivity contribution in [1.82, 2.24) is 0 Å². The van der Waals surface area contributed by atoms with Crippen LogP contribution in [0.1, 0.15) is 51.9 Å². The van der Waals surface area contributed by atoms with E-state index in [1.807, 2.05) is 6.08 Å². The topological polar surface area (TPSA) is 17.1 Å². The summed E-state index contributed by atoms with van der Waals surface area (Å²) in [5.74, 6) is 0. The highest BCUT2D eigenvalue weighted by molar-refractivity contribution is 5.72. The quantitative estimate of drug-likeness (QED) is 0.234. The highest BCUT2D eigenvalue weighted by Crippen LogP contribution is 2.08. The Kier molecular flexibility index (Phi) is 9.61. The number of aldehydes is 1. The van der Waals surface area contributed by atoms with Crippen molar-refractivity contribution in [3.63, 3.8) is 0 Å². The molecule has 0 saturated heterocycles. The number of carbonyl (C=O) groups excluding carboxylic acids is 1. The number of allylic oxidation sites excluding steroid dienone is 3. The van der Waals surface area contributed by atoms with Gasteiger partial charge in [0.25, 0.3) is 0 Å². The Balaban J connectivity index is 3.58. The second-order valence-corrected chi connectivity index (χ2v) is 3.57. The Hall–Kier alpha value is -0.850. The largest absolute Gasteiger partial charge is 0.298 e. The minimum atomic E-state index is 0.848. The number of hydrogen-bond acceptors (Lipinski definition) is 1. The molecule has 0 aliphatic carbocycles. The van der Waals surface area contributed by atoms with Gasteiger partial charge in [-0.05, 0) is 31.3 Å². The first-order chi connectivity index (χ1) is 6.85. The molecule has 0 aliphatic rings. The van der Waals surface area contributed by atoms with E-state index in [2.05, 4.69) is 19.6 Å². The van der Waals surface area contributed by atoms with E-state index in [1.54, 1.807) is 0 Å². The Morgan fingerprint density at radius 3 is 2.57 bits per heavy atom. The molecule has 0 aromatic heterocycles. The Labute approximate surface area is 87.9 Å². The first-order valence-corrected chi connectivity index (χ1v) is 5.60. The van der Waals surface area contributed by atoms with Crippen molar-refractivity contribution in [2.24, 2.45) is 0 Å². The average molecular weight is 194 g/mol. The molecule has 0 N–H and O–H groups in total. The summed E-state index contributed by atoms with van der Waals surface area (Å²) in [6, 6.07) is 0.